The van der Waals surface area contributed by atoms with Gasteiger partial charge in [0.2, 0.25) is 0 Å². The van der Waals surface area contributed by atoms with Crippen LogP contribution >= 0.6 is 15.9 Å². The summed E-state index contributed by atoms with van der Waals surface area (Å²) in [5.74, 6) is 2.76. The summed E-state index contributed by atoms with van der Waals surface area (Å²) in [6, 6.07) is 3.79. The number of nitrogen functional groups attached to an aromatic ring is 1. The highest BCUT2D eigenvalue weighted by atomic mass is 79.9. The van der Waals surface area contributed by atoms with Crippen molar-refractivity contribution in [3.8, 4) is 0 Å². The van der Waals surface area contributed by atoms with Crippen LogP contribution in [0.15, 0.2) is 29.1 Å². The molecule has 1 fully saturated rings. The van der Waals surface area contributed by atoms with Crippen molar-refractivity contribution in [1.82, 2.24) is 15.0 Å². The number of hydrogen-bond acceptors (Lipinski definition) is 6. The van der Waals surface area contributed by atoms with E-state index < -0.39 is 0 Å². The van der Waals surface area contributed by atoms with Gasteiger partial charge in [0.1, 0.15) is 17.8 Å². The fourth-order valence-corrected chi connectivity index (χ4v) is 2.93. The van der Waals surface area contributed by atoms with Crippen molar-refractivity contribution in [1.29, 1.82) is 0 Å². The number of nitrogens with zero attached hydrogens (tertiary/aromatic N) is 4. The summed E-state index contributed by atoms with van der Waals surface area (Å²) in [7, 11) is 0. The zero-order valence-corrected chi connectivity index (χ0v) is 14.0. The second-order valence-corrected chi connectivity index (χ2v) is 6.56. The SMILES string of the molecule is CC1CCCN(c2ncnc(Nc3ccc(Br)cn3)c2N)C1. The summed E-state index contributed by atoms with van der Waals surface area (Å²) in [6.45, 7) is 4.23. The summed E-state index contributed by atoms with van der Waals surface area (Å²) < 4.78 is 0.928. The lowest BCUT2D eigenvalue weighted by Crippen LogP contribution is -2.35. The first-order chi connectivity index (χ1) is 10.6. The fourth-order valence-electron chi connectivity index (χ4n) is 2.69. The molecule has 0 radical (unpaired) electrons. The Balaban J connectivity index is 1.83. The molecule has 7 heteroatoms. The maximum Gasteiger partial charge on any atom is 0.160 e. The van der Waals surface area contributed by atoms with Gasteiger partial charge in [-0.1, -0.05) is 6.92 Å². The highest BCUT2D eigenvalue weighted by Crippen LogP contribution is 2.30. The van der Waals surface area contributed by atoms with Crippen molar-refractivity contribution in [3.63, 3.8) is 0 Å². The van der Waals surface area contributed by atoms with Gasteiger partial charge in [-0.3, -0.25) is 0 Å². The molecule has 1 aliphatic rings. The Hall–Kier alpha value is -1.89. The van der Waals surface area contributed by atoms with Gasteiger partial charge in [0.05, 0.1) is 0 Å². The third-order valence-corrected chi connectivity index (χ3v) is 4.26. The van der Waals surface area contributed by atoms with E-state index in [9.17, 15) is 0 Å². The number of anilines is 4. The summed E-state index contributed by atoms with van der Waals surface area (Å²) in [5.41, 5.74) is 6.84. The number of pyridine rings is 1. The first-order valence-electron chi connectivity index (χ1n) is 7.37. The van der Waals surface area contributed by atoms with Crippen LogP contribution in [-0.2, 0) is 0 Å². The van der Waals surface area contributed by atoms with Crippen molar-refractivity contribution in [3.05, 3.63) is 29.1 Å². The van der Waals surface area contributed by atoms with E-state index >= 15 is 0 Å². The summed E-state index contributed by atoms with van der Waals surface area (Å²) in [6.07, 6.45) is 5.70. The number of rotatable bonds is 3. The number of piperidine rings is 1. The van der Waals surface area contributed by atoms with E-state index in [2.05, 4.69) is 48.0 Å². The van der Waals surface area contributed by atoms with Gasteiger partial charge in [0.15, 0.2) is 11.6 Å². The van der Waals surface area contributed by atoms with Gasteiger partial charge >= 0.3 is 0 Å². The van der Waals surface area contributed by atoms with Gasteiger partial charge in [-0.25, -0.2) is 15.0 Å². The van der Waals surface area contributed by atoms with Crippen LogP contribution in [0.3, 0.4) is 0 Å². The van der Waals surface area contributed by atoms with Crippen LogP contribution in [0.2, 0.25) is 0 Å². The zero-order valence-electron chi connectivity index (χ0n) is 12.5. The Morgan fingerprint density at radius 2 is 2.18 bits per heavy atom. The number of nitrogens with two attached hydrogens (primary N) is 1. The van der Waals surface area contributed by atoms with Gasteiger partial charge in [-0.2, -0.15) is 0 Å². The Labute approximate surface area is 138 Å². The molecule has 116 valence electrons. The Bertz CT molecular complexity index is 645. The van der Waals surface area contributed by atoms with E-state index in [4.69, 9.17) is 5.73 Å². The molecule has 1 atom stereocenters. The standard InChI is InChI=1S/C15H19BrN6/c1-10-3-2-6-22(8-10)15-13(17)14(19-9-20-15)21-12-5-4-11(16)7-18-12/h4-5,7,9-10H,2-3,6,8,17H2,1H3,(H,18,19,20,21). The predicted molar refractivity (Wildman–Crippen MR) is 92.3 cm³/mol. The second kappa shape index (κ2) is 6.48. The average molecular weight is 363 g/mol. The predicted octanol–water partition coefficient (Wildman–Crippen LogP) is 3.20. The summed E-state index contributed by atoms with van der Waals surface area (Å²) >= 11 is 3.37. The molecule has 1 aliphatic heterocycles. The first kappa shape index (κ1) is 15.0. The van der Waals surface area contributed by atoms with Crippen LogP contribution in [0.5, 0.6) is 0 Å². The van der Waals surface area contributed by atoms with Crippen molar-refractivity contribution < 1.29 is 0 Å². The van der Waals surface area contributed by atoms with E-state index in [1.165, 1.54) is 12.8 Å². The van der Waals surface area contributed by atoms with Gasteiger partial charge in [0.25, 0.3) is 0 Å². The minimum absolute atomic E-state index is 0.571. The number of nitrogens with one attached hydrogen (secondary N) is 1. The van der Waals surface area contributed by atoms with E-state index in [-0.39, 0.29) is 0 Å². The molecule has 3 N–H and O–H groups in total. The van der Waals surface area contributed by atoms with Crippen molar-refractivity contribution in [2.24, 2.45) is 5.92 Å². The first-order valence-corrected chi connectivity index (χ1v) is 8.17. The lowest BCUT2D eigenvalue weighted by molar-refractivity contribution is 0.445. The molecule has 0 amide bonds. The third-order valence-electron chi connectivity index (χ3n) is 3.79. The molecule has 0 saturated carbocycles. The Morgan fingerprint density at radius 1 is 1.32 bits per heavy atom. The lowest BCUT2D eigenvalue weighted by Gasteiger charge is -2.32. The monoisotopic (exact) mass is 362 g/mol. The van der Waals surface area contributed by atoms with Crippen LogP contribution < -0.4 is 16.0 Å². The van der Waals surface area contributed by atoms with E-state index in [0.29, 0.717) is 23.2 Å². The molecule has 2 aromatic rings. The third kappa shape index (κ3) is 3.30. The van der Waals surface area contributed by atoms with Gasteiger partial charge in [-0.15, -0.1) is 0 Å². The molecule has 1 unspecified atom stereocenters. The second-order valence-electron chi connectivity index (χ2n) is 5.64. The van der Waals surface area contributed by atoms with E-state index in [0.717, 1.165) is 23.4 Å². The normalized spacial score (nSPS) is 18.3. The quantitative estimate of drug-likeness (QED) is 0.872. The maximum absolute atomic E-state index is 6.27. The minimum atomic E-state index is 0.571. The van der Waals surface area contributed by atoms with Gasteiger partial charge in [0, 0.05) is 23.8 Å². The maximum atomic E-state index is 6.27. The van der Waals surface area contributed by atoms with Crippen LogP contribution in [0.1, 0.15) is 19.8 Å². The fraction of sp³-hybridized carbons (Fsp3) is 0.400. The average Bonchev–Trinajstić information content (AvgIpc) is 2.51. The van der Waals surface area contributed by atoms with Crippen molar-refractivity contribution >= 4 is 39.1 Å². The number of hydrogen-bond donors (Lipinski definition) is 2. The molecule has 3 rings (SSSR count). The molecule has 22 heavy (non-hydrogen) atoms. The molecule has 1 saturated heterocycles. The molecule has 3 heterocycles. The van der Waals surface area contributed by atoms with Gasteiger partial charge in [-0.05, 0) is 46.8 Å². The zero-order chi connectivity index (χ0) is 15.5. The molecular weight excluding hydrogens is 344 g/mol. The molecular formula is C15H19BrN6. The van der Waals surface area contributed by atoms with Crippen LogP contribution in [0.25, 0.3) is 0 Å². The minimum Gasteiger partial charge on any atom is -0.393 e. The van der Waals surface area contributed by atoms with E-state index in [1.807, 2.05) is 12.1 Å². The van der Waals surface area contributed by atoms with Gasteiger partial charge < -0.3 is 16.0 Å². The lowest BCUT2D eigenvalue weighted by atomic mass is 10.0. The Kier molecular flexibility index (Phi) is 4.42. The van der Waals surface area contributed by atoms with Crippen molar-refractivity contribution in [2.45, 2.75) is 19.8 Å². The van der Waals surface area contributed by atoms with Crippen LogP contribution in [0.4, 0.5) is 23.1 Å². The van der Waals surface area contributed by atoms with Crippen molar-refractivity contribution in [2.75, 3.05) is 29.0 Å². The largest absolute Gasteiger partial charge is 0.393 e. The molecule has 0 spiro atoms. The highest BCUT2D eigenvalue weighted by molar-refractivity contribution is 9.10. The summed E-state index contributed by atoms with van der Waals surface area (Å²) in [4.78, 5) is 15.1. The van der Waals surface area contributed by atoms with Crippen LogP contribution in [0, 0.1) is 5.92 Å². The summed E-state index contributed by atoms with van der Waals surface area (Å²) in [5, 5.41) is 3.16. The molecule has 2 aromatic heterocycles. The van der Waals surface area contributed by atoms with E-state index in [1.54, 1.807) is 12.5 Å². The Morgan fingerprint density at radius 3 is 2.91 bits per heavy atom. The smallest absolute Gasteiger partial charge is 0.160 e. The topological polar surface area (TPSA) is 80.0 Å². The molecule has 6 nitrogen and oxygen atoms in total. The molecule has 0 aliphatic carbocycles. The highest BCUT2D eigenvalue weighted by Gasteiger charge is 2.21. The number of halogens is 1. The molecule has 0 aromatic carbocycles. The van der Waals surface area contributed by atoms with Crippen LogP contribution in [-0.4, -0.2) is 28.0 Å². The number of aromatic nitrogens is 3. The molecule has 0 bridgehead atoms.